The minimum atomic E-state index is -0.190. The van der Waals surface area contributed by atoms with Crippen molar-refractivity contribution in [3.05, 3.63) is 27.5 Å². The van der Waals surface area contributed by atoms with Crippen molar-refractivity contribution in [2.45, 2.75) is 38.6 Å². The average molecular weight is 316 g/mol. The van der Waals surface area contributed by atoms with Crippen LogP contribution in [0.5, 0.6) is 5.75 Å². The summed E-state index contributed by atoms with van der Waals surface area (Å²) in [5.41, 5.74) is 1.65. The van der Waals surface area contributed by atoms with Crippen molar-refractivity contribution in [2.75, 3.05) is 13.7 Å². The summed E-state index contributed by atoms with van der Waals surface area (Å²) in [6.45, 7) is 2.97. The number of hydrogen-bond acceptors (Lipinski definition) is 2. The van der Waals surface area contributed by atoms with E-state index in [9.17, 15) is 4.39 Å². The molecule has 2 nitrogen and oxygen atoms in total. The Hall–Kier alpha value is -0.610. The zero-order valence-electron chi connectivity index (χ0n) is 10.9. The van der Waals surface area contributed by atoms with E-state index in [4.69, 9.17) is 4.74 Å². The van der Waals surface area contributed by atoms with Crippen molar-refractivity contribution in [3.8, 4) is 5.75 Å². The lowest BCUT2D eigenvalue weighted by Gasteiger charge is -2.25. The third-order valence-electron chi connectivity index (χ3n) is 3.52. The molecule has 0 aliphatic carbocycles. The minimum Gasteiger partial charge on any atom is -0.496 e. The molecule has 0 saturated carbocycles. The van der Waals surface area contributed by atoms with Gasteiger partial charge in [0, 0.05) is 11.6 Å². The molecule has 2 rings (SSSR count). The molecular weight excluding hydrogens is 297 g/mol. The Morgan fingerprint density at radius 3 is 2.89 bits per heavy atom. The fraction of sp³-hybridized carbons (Fsp3) is 0.571. The number of piperidine rings is 1. The minimum absolute atomic E-state index is 0.190. The molecule has 18 heavy (non-hydrogen) atoms. The first-order valence-corrected chi connectivity index (χ1v) is 7.17. The molecule has 0 aromatic heterocycles. The van der Waals surface area contributed by atoms with Gasteiger partial charge in [0.15, 0.2) is 0 Å². The summed E-state index contributed by atoms with van der Waals surface area (Å²) in [5, 5.41) is 3.45. The number of halogens is 2. The molecule has 0 bridgehead atoms. The van der Waals surface area contributed by atoms with Crippen LogP contribution in [0.2, 0.25) is 0 Å². The third kappa shape index (κ3) is 2.86. The van der Waals surface area contributed by atoms with Gasteiger partial charge < -0.3 is 10.1 Å². The Kier molecular flexibility index (Phi) is 4.62. The van der Waals surface area contributed by atoms with Gasteiger partial charge in [-0.2, -0.15) is 0 Å². The first-order valence-electron chi connectivity index (χ1n) is 6.38. The van der Waals surface area contributed by atoms with E-state index in [1.807, 2.05) is 6.92 Å². The van der Waals surface area contributed by atoms with Gasteiger partial charge in [-0.25, -0.2) is 4.39 Å². The highest BCUT2D eigenvalue weighted by molar-refractivity contribution is 9.10. The highest BCUT2D eigenvalue weighted by Crippen LogP contribution is 2.33. The number of aryl methyl sites for hydroxylation is 1. The fourth-order valence-corrected chi connectivity index (χ4v) is 3.19. The largest absolute Gasteiger partial charge is 0.496 e. The van der Waals surface area contributed by atoms with Gasteiger partial charge in [-0.05, 0) is 60.3 Å². The summed E-state index contributed by atoms with van der Waals surface area (Å²) in [6, 6.07) is 2.13. The molecule has 1 aromatic rings. The van der Waals surface area contributed by atoms with E-state index in [0.29, 0.717) is 28.2 Å². The van der Waals surface area contributed by atoms with Gasteiger partial charge in [-0.15, -0.1) is 0 Å². The van der Waals surface area contributed by atoms with Crippen molar-refractivity contribution in [2.24, 2.45) is 0 Å². The summed E-state index contributed by atoms with van der Waals surface area (Å²) in [7, 11) is 1.60. The molecule has 1 aliphatic rings. The van der Waals surface area contributed by atoms with Gasteiger partial charge in [-0.3, -0.25) is 0 Å². The molecule has 4 heteroatoms. The van der Waals surface area contributed by atoms with Crippen LogP contribution in [0.1, 0.15) is 30.4 Å². The van der Waals surface area contributed by atoms with Crippen LogP contribution in [0.4, 0.5) is 4.39 Å². The summed E-state index contributed by atoms with van der Waals surface area (Å²) in [6.07, 6.45) is 4.23. The van der Waals surface area contributed by atoms with Crippen LogP contribution < -0.4 is 10.1 Å². The standard InChI is InChI=1S/C14H19BrFNO/c1-9-7-12(15)13(16)11(14(9)18-2)8-10-5-3-4-6-17-10/h7,10,17H,3-6,8H2,1-2H3. The van der Waals surface area contributed by atoms with Crippen LogP contribution in [0.15, 0.2) is 10.5 Å². The first kappa shape index (κ1) is 13.8. The molecule has 1 N–H and O–H groups in total. The van der Waals surface area contributed by atoms with Crippen molar-refractivity contribution < 1.29 is 9.13 Å². The number of ether oxygens (including phenoxy) is 1. The van der Waals surface area contributed by atoms with Crippen LogP contribution in [-0.4, -0.2) is 19.7 Å². The quantitative estimate of drug-likeness (QED) is 0.920. The Labute approximate surface area is 116 Å². The molecule has 1 fully saturated rings. The molecule has 0 spiro atoms. The van der Waals surface area contributed by atoms with Gasteiger partial charge in [0.05, 0.1) is 11.6 Å². The normalized spacial score (nSPS) is 19.9. The van der Waals surface area contributed by atoms with Gasteiger partial charge in [0.2, 0.25) is 0 Å². The second kappa shape index (κ2) is 6.02. The second-order valence-electron chi connectivity index (χ2n) is 4.85. The van der Waals surface area contributed by atoms with E-state index < -0.39 is 0 Å². The van der Waals surface area contributed by atoms with Crippen LogP contribution in [0.3, 0.4) is 0 Å². The van der Waals surface area contributed by atoms with E-state index in [0.717, 1.165) is 18.5 Å². The van der Waals surface area contributed by atoms with E-state index >= 15 is 0 Å². The summed E-state index contributed by atoms with van der Waals surface area (Å²) in [5.74, 6) is 0.493. The molecule has 1 saturated heterocycles. The van der Waals surface area contributed by atoms with E-state index in [-0.39, 0.29) is 5.82 Å². The van der Waals surface area contributed by atoms with Gasteiger partial charge in [0.25, 0.3) is 0 Å². The summed E-state index contributed by atoms with van der Waals surface area (Å²) >= 11 is 3.27. The summed E-state index contributed by atoms with van der Waals surface area (Å²) < 4.78 is 20.1. The number of hydrogen-bond donors (Lipinski definition) is 1. The van der Waals surface area contributed by atoms with Crippen LogP contribution >= 0.6 is 15.9 Å². The molecule has 1 unspecified atom stereocenters. The molecule has 0 amide bonds. The molecule has 1 atom stereocenters. The lowest BCUT2D eigenvalue weighted by Crippen LogP contribution is -2.36. The molecule has 1 aliphatic heterocycles. The number of nitrogens with one attached hydrogen (secondary N) is 1. The lowest BCUT2D eigenvalue weighted by molar-refractivity contribution is 0.373. The highest BCUT2D eigenvalue weighted by Gasteiger charge is 2.21. The van der Waals surface area contributed by atoms with Crippen molar-refractivity contribution >= 4 is 15.9 Å². The zero-order valence-corrected chi connectivity index (χ0v) is 12.4. The molecule has 1 aromatic carbocycles. The molecule has 100 valence electrons. The van der Waals surface area contributed by atoms with Crippen molar-refractivity contribution in [1.29, 1.82) is 0 Å². The average Bonchev–Trinajstić information content (AvgIpc) is 2.37. The predicted molar refractivity (Wildman–Crippen MR) is 74.7 cm³/mol. The topological polar surface area (TPSA) is 21.3 Å². The van der Waals surface area contributed by atoms with Gasteiger partial charge in [0.1, 0.15) is 11.6 Å². The van der Waals surface area contributed by atoms with Gasteiger partial charge >= 0.3 is 0 Å². The summed E-state index contributed by atoms with van der Waals surface area (Å²) in [4.78, 5) is 0. The maximum absolute atomic E-state index is 14.2. The Balaban J connectivity index is 2.29. The Morgan fingerprint density at radius 2 is 2.28 bits per heavy atom. The highest BCUT2D eigenvalue weighted by atomic mass is 79.9. The maximum Gasteiger partial charge on any atom is 0.144 e. The molecule has 1 heterocycles. The van der Waals surface area contributed by atoms with Crippen LogP contribution in [0, 0.1) is 12.7 Å². The lowest BCUT2D eigenvalue weighted by atomic mass is 9.96. The number of rotatable bonds is 3. The molecule has 0 radical (unpaired) electrons. The van der Waals surface area contributed by atoms with Gasteiger partial charge in [-0.1, -0.05) is 6.42 Å². The number of methoxy groups -OCH3 is 1. The fourth-order valence-electron chi connectivity index (χ4n) is 2.61. The third-order valence-corrected chi connectivity index (χ3v) is 4.09. The van der Waals surface area contributed by atoms with E-state index in [1.54, 1.807) is 13.2 Å². The van der Waals surface area contributed by atoms with E-state index in [2.05, 4.69) is 21.2 Å². The Morgan fingerprint density at radius 1 is 1.50 bits per heavy atom. The van der Waals surface area contributed by atoms with E-state index in [1.165, 1.54) is 12.8 Å². The zero-order chi connectivity index (χ0) is 13.1. The smallest absolute Gasteiger partial charge is 0.144 e. The monoisotopic (exact) mass is 315 g/mol. The van der Waals surface area contributed by atoms with Crippen LogP contribution in [0.25, 0.3) is 0 Å². The van der Waals surface area contributed by atoms with Crippen molar-refractivity contribution in [3.63, 3.8) is 0 Å². The second-order valence-corrected chi connectivity index (χ2v) is 5.71. The number of benzene rings is 1. The van der Waals surface area contributed by atoms with Crippen molar-refractivity contribution in [1.82, 2.24) is 5.32 Å². The maximum atomic E-state index is 14.2. The SMILES string of the molecule is COc1c(C)cc(Br)c(F)c1CC1CCCCN1. The van der Waals surface area contributed by atoms with Crippen LogP contribution in [-0.2, 0) is 6.42 Å². The predicted octanol–water partition coefficient (Wildman–Crippen LogP) is 3.59. The molecular formula is C14H19BrFNO. The first-order chi connectivity index (χ1) is 8.63. The Bertz CT molecular complexity index is 430.